The van der Waals surface area contributed by atoms with Crippen molar-refractivity contribution >= 4 is 68.2 Å². The van der Waals surface area contributed by atoms with Crippen LogP contribution in [0.4, 0.5) is 5.82 Å². The Morgan fingerprint density at radius 3 is 2.74 bits per heavy atom. The fourth-order valence-corrected chi connectivity index (χ4v) is 2.41. The number of carbonyl (C=O) groups is 1. The van der Waals surface area contributed by atoms with Gasteiger partial charge in [-0.25, -0.2) is 4.98 Å². The number of anilines is 1. The molecule has 2 aromatic rings. The molecule has 1 heterocycles. The number of hydrogen-bond donors (Lipinski definition) is 2. The summed E-state index contributed by atoms with van der Waals surface area (Å²) in [4.78, 5) is 15.9. The molecule has 0 saturated carbocycles. The van der Waals surface area contributed by atoms with Crippen LogP contribution in [0.15, 0.2) is 41.0 Å². The number of hydrogen-bond acceptors (Lipinski definition) is 4. The summed E-state index contributed by atoms with van der Waals surface area (Å²) in [5.41, 5.74) is 0. The van der Waals surface area contributed by atoms with Crippen molar-refractivity contribution in [1.29, 1.82) is 0 Å². The van der Waals surface area contributed by atoms with Crippen LogP contribution in [0.2, 0.25) is 10.0 Å². The second-order valence-electron chi connectivity index (χ2n) is 4.23. The van der Waals surface area contributed by atoms with Crippen LogP contribution in [0.3, 0.4) is 0 Å². The minimum Gasteiger partial charge on any atom is -0.482 e. The first-order chi connectivity index (χ1) is 10.9. The molecule has 5 nitrogen and oxygen atoms in total. The molecule has 0 unspecified atom stereocenters. The number of thiocarbonyl (C=S) groups is 1. The highest BCUT2D eigenvalue weighted by Gasteiger charge is 2.08. The van der Waals surface area contributed by atoms with Gasteiger partial charge in [-0.2, -0.15) is 0 Å². The topological polar surface area (TPSA) is 63.2 Å². The van der Waals surface area contributed by atoms with Gasteiger partial charge in [-0.15, -0.1) is 0 Å². The molecule has 1 amide bonds. The van der Waals surface area contributed by atoms with E-state index in [9.17, 15) is 4.79 Å². The van der Waals surface area contributed by atoms with Gasteiger partial charge in [0.05, 0.1) is 5.02 Å². The van der Waals surface area contributed by atoms with E-state index in [4.69, 9.17) is 40.2 Å². The van der Waals surface area contributed by atoms with Gasteiger partial charge in [-0.05, 0) is 58.5 Å². The summed E-state index contributed by atoms with van der Waals surface area (Å²) in [5, 5.41) is 6.20. The molecule has 0 saturated heterocycles. The Kier molecular flexibility index (Phi) is 6.59. The minimum atomic E-state index is -0.425. The van der Waals surface area contributed by atoms with Crippen LogP contribution in [0.1, 0.15) is 0 Å². The van der Waals surface area contributed by atoms with Crippen LogP contribution in [0.25, 0.3) is 0 Å². The zero-order valence-corrected chi connectivity index (χ0v) is 15.4. The van der Waals surface area contributed by atoms with E-state index in [0.29, 0.717) is 21.6 Å². The van der Waals surface area contributed by atoms with Crippen molar-refractivity contribution in [2.75, 3.05) is 11.9 Å². The quantitative estimate of drug-likeness (QED) is 0.711. The number of halogens is 3. The third kappa shape index (κ3) is 5.95. The van der Waals surface area contributed by atoms with E-state index in [1.54, 1.807) is 30.5 Å². The van der Waals surface area contributed by atoms with E-state index >= 15 is 0 Å². The maximum Gasteiger partial charge on any atom is 0.264 e. The molecule has 0 radical (unpaired) electrons. The molecule has 0 spiro atoms. The number of nitrogens with one attached hydrogen (secondary N) is 2. The van der Waals surface area contributed by atoms with Crippen molar-refractivity contribution in [2.24, 2.45) is 0 Å². The third-order valence-corrected chi connectivity index (χ3v) is 3.68. The van der Waals surface area contributed by atoms with Crippen molar-refractivity contribution in [3.63, 3.8) is 0 Å². The Morgan fingerprint density at radius 2 is 2.09 bits per heavy atom. The van der Waals surface area contributed by atoms with Gasteiger partial charge in [0.15, 0.2) is 11.7 Å². The number of rotatable bonds is 4. The summed E-state index contributed by atoms with van der Waals surface area (Å²) in [5.74, 6) is 0.450. The van der Waals surface area contributed by atoms with Crippen molar-refractivity contribution in [2.45, 2.75) is 0 Å². The van der Waals surface area contributed by atoms with E-state index in [0.717, 1.165) is 4.47 Å². The van der Waals surface area contributed by atoms with Crippen LogP contribution < -0.4 is 15.4 Å². The minimum absolute atomic E-state index is 0.121. The van der Waals surface area contributed by atoms with Gasteiger partial charge in [0, 0.05) is 15.7 Å². The van der Waals surface area contributed by atoms with E-state index in [1.807, 2.05) is 0 Å². The molecule has 0 atom stereocenters. The predicted octanol–water partition coefficient (Wildman–Crippen LogP) is 4.04. The fourth-order valence-electron chi connectivity index (χ4n) is 1.50. The Labute approximate surface area is 156 Å². The molecule has 2 N–H and O–H groups in total. The summed E-state index contributed by atoms with van der Waals surface area (Å²) < 4.78 is 6.15. The lowest BCUT2D eigenvalue weighted by Gasteiger charge is -2.10. The Balaban J connectivity index is 1.82. The lowest BCUT2D eigenvalue weighted by Crippen LogP contribution is -2.37. The smallest absolute Gasteiger partial charge is 0.264 e. The summed E-state index contributed by atoms with van der Waals surface area (Å²) in [7, 11) is 0. The van der Waals surface area contributed by atoms with E-state index in [-0.39, 0.29) is 11.7 Å². The molecule has 0 aliphatic rings. The molecule has 0 aliphatic heterocycles. The zero-order chi connectivity index (χ0) is 16.8. The molecule has 23 heavy (non-hydrogen) atoms. The van der Waals surface area contributed by atoms with Crippen molar-refractivity contribution in [3.8, 4) is 5.75 Å². The lowest BCUT2D eigenvalue weighted by atomic mass is 10.3. The molecule has 0 aliphatic carbocycles. The Hall–Kier alpha value is -1.41. The number of amides is 1. The number of pyridine rings is 1. The standard InChI is InChI=1S/C14H10BrCl2N3O2S/c15-8-1-4-12(18-6-8)19-14(23)20-13(21)7-22-11-3-2-9(16)5-10(11)17/h1-6H,7H2,(H2,18,19,20,21,23). The molecule has 9 heteroatoms. The number of nitrogens with zero attached hydrogens (tertiary/aromatic N) is 1. The number of aromatic nitrogens is 1. The molecule has 1 aromatic carbocycles. The SMILES string of the molecule is O=C(COc1ccc(Cl)cc1Cl)NC(=S)Nc1ccc(Br)cn1. The predicted molar refractivity (Wildman–Crippen MR) is 98.3 cm³/mol. The zero-order valence-electron chi connectivity index (χ0n) is 11.5. The maximum absolute atomic E-state index is 11.8. The molecular weight excluding hydrogens is 425 g/mol. The van der Waals surface area contributed by atoms with Crippen LogP contribution in [-0.4, -0.2) is 22.6 Å². The molecule has 0 bridgehead atoms. The summed E-state index contributed by atoms with van der Waals surface area (Å²) in [6.45, 7) is -0.239. The first kappa shape index (κ1) is 17.9. The lowest BCUT2D eigenvalue weighted by molar-refractivity contribution is -0.121. The van der Waals surface area contributed by atoms with Crippen LogP contribution in [0, 0.1) is 0 Å². The second kappa shape index (κ2) is 8.44. The van der Waals surface area contributed by atoms with Gasteiger partial charge in [0.25, 0.3) is 5.91 Å². The summed E-state index contributed by atoms with van der Waals surface area (Å²) in [6, 6.07) is 8.24. The van der Waals surface area contributed by atoms with Crippen molar-refractivity contribution in [1.82, 2.24) is 10.3 Å². The normalized spacial score (nSPS) is 10.0. The Morgan fingerprint density at radius 1 is 1.30 bits per heavy atom. The molecule has 2 rings (SSSR count). The van der Waals surface area contributed by atoms with E-state index < -0.39 is 5.91 Å². The largest absolute Gasteiger partial charge is 0.482 e. The van der Waals surface area contributed by atoms with Gasteiger partial charge in [-0.1, -0.05) is 23.2 Å². The average Bonchev–Trinajstić information content (AvgIpc) is 2.48. The third-order valence-electron chi connectivity index (χ3n) is 2.47. The first-order valence-corrected chi connectivity index (χ1v) is 8.20. The molecule has 0 fully saturated rings. The number of benzene rings is 1. The highest BCUT2D eigenvalue weighted by atomic mass is 79.9. The highest BCUT2D eigenvalue weighted by Crippen LogP contribution is 2.27. The van der Waals surface area contributed by atoms with E-state index in [2.05, 4.69) is 31.5 Å². The van der Waals surface area contributed by atoms with Gasteiger partial charge < -0.3 is 10.1 Å². The van der Waals surface area contributed by atoms with Gasteiger partial charge in [-0.3, -0.25) is 10.1 Å². The van der Waals surface area contributed by atoms with Crippen molar-refractivity contribution in [3.05, 3.63) is 51.0 Å². The van der Waals surface area contributed by atoms with Gasteiger partial charge in [0.1, 0.15) is 11.6 Å². The van der Waals surface area contributed by atoms with E-state index in [1.165, 1.54) is 6.07 Å². The van der Waals surface area contributed by atoms with Crippen LogP contribution in [-0.2, 0) is 4.79 Å². The summed E-state index contributed by atoms with van der Waals surface area (Å²) in [6.07, 6.45) is 1.61. The second-order valence-corrected chi connectivity index (χ2v) is 6.39. The average molecular weight is 435 g/mol. The molecular formula is C14H10BrCl2N3O2S. The monoisotopic (exact) mass is 433 g/mol. The van der Waals surface area contributed by atoms with Crippen molar-refractivity contribution < 1.29 is 9.53 Å². The Bertz CT molecular complexity index is 728. The van der Waals surface area contributed by atoms with Gasteiger partial charge in [0.2, 0.25) is 0 Å². The maximum atomic E-state index is 11.8. The van der Waals surface area contributed by atoms with Gasteiger partial charge >= 0.3 is 0 Å². The fraction of sp³-hybridized carbons (Fsp3) is 0.0714. The first-order valence-electron chi connectivity index (χ1n) is 6.24. The summed E-state index contributed by atoms with van der Waals surface area (Å²) >= 11 is 20.0. The molecule has 1 aromatic heterocycles. The number of carbonyl (C=O) groups excluding carboxylic acids is 1. The number of ether oxygens (including phenoxy) is 1. The van der Waals surface area contributed by atoms with Crippen LogP contribution in [0.5, 0.6) is 5.75 Å². The highest BCUT2D eigenvalue weighted by molar-refractivity contribution is 9.10. The van der Waals surface area contributed by atoms with Crippen LogP contribution >= 0.6 is 51.3 Å². The molecule has 120 valence electrons.